The van der Waals surface area contributed by atoms with Gasteiger partial charge in [0.25, 0.3) is 0 Å². The van der Waals surface area contributed by atoms with Crippen molar-refractivity contribution in [3.8, 4) is 0 Å². The van der Waals surface area contributed by atoms with Crippen LogP contribution in [0.2, 0.25) is 0 Å². The zero-order valence-corrected chi connectivity index (χ0v) is 21.3. The number of benzene rings is 1. The minimum Gasteiger partial charge on any atom is -0.355 e. The normalized spacial score (nSPS) is 14.8. The van der Waals surface area contributed by atoms with Crippen LogP contribution in [0, 0.1) is 0 Å². The lowest BCUT2D eigenvalue weighted by molar-refractivity contribution is -0.137. The SMILES string of the molecule is CC(C)(C)c1ccc(Nc2nc(S(C)(=O)=O)nc3c2CCN(c2ncccc2C(F)(F)F)CC3)cc1. The minimum absolute atomic E-state index is 0.0296. The zero-order chi connectivity index (χ0) is 26.3. The monoisotopic (exact) mass is 519 g/mol. The Hall–Kier alpha value is -3.21. The maximum absolute atomic E-state index is 13.6. The molecule has 0 spiro atoms. The maximum atomic E-state index is 13.6. The van der Waals surface area contributed by atoms with Gasteiger partial charge in [-0.1, -0.05) is 32.9 Å². The number of fused-ring (bicyclic) bond motifs is 1. The Balaban J connectivity index is 1.70. The summed E-state index contributed by atoms with van der Waals surface area (Å²) in [4.78, 5) is 14.1. The standard InChI is InChI=1S/C25H28F3N5O2S/c1-24(2,3)16-7-9-17(10-8-16)30-21-18-11-14-33(22-19(25(26,27)28)6-5-13-29-22)15-12-20(18)31-23(32-21)36(4,34)35/h5-10,13H,11-12,14-15H2,1-4H3,(H,30,31,32). The largest absolute Gasteiger partial charge is 0.419 e. The quantitative estimate of drug-likeness (QED) is 0.489. The fourth-order valence-corrected chi connectivity index (χ4v) is 4.65. The molecule has 4 rings (SSSR count). The second kappa shape index (κ2) is 9.34. The number of aromatic nitrogens is 3. The van der Waals surface area contributed by atoms with E-state index in [1.807, 2.05) is 24.3 Å². The third kappa shape index (κ3) is 5.61. The number of nitrogens with one attached hydrogen (secondary N) is 1. The van der Waals surface area contributed by atoms with Gasteiger partial charge in [0.2, 0.25) is 15.0 Å². The van der Waals surface area contributed by atoms with Gasteiger partial charge in [0.05, 0.1) is 11.3 Å². The van der Waals surface area contributed by atoms with Crippen molar-refractivity contribution in [1.82, 2.24) is 15.0 Å². The van der Waals surface area contributed by atoms with E-state index in [4.69, 9.17) is 0 Å². The molecule has 0 saturated heterocycles. The van der Waals surface area contributed by atoms with Crippen LogP contribution in [0.25, 0.3) is 0 Å². The Bertz CT molecular complexity index is 1370. The molecule has 0 saturated carbocycles. The number of sulfone groups is 1. The third-order valence-corrected chi connectivity index (χ3v) is 6.91. The van der Waals surface area contributed by atoms with E-state index in [0.29, 0.717) is 29.2 Å². The smallest absolute Gasteiger partial charge is 0.355 e. The van der Waals surface area contributed by atoms with Crippen molar-refractivity contribution in [3.05, 3.63) is 65.0 Å². The van der Waals surface area contributed by atoms with E-state index in [2.05, 4.69) is 41.0 Å². The molecular formula is C25H28F3N5O2S. The fraction of sp³-hybridized carbons (Fsp3) is 0.400. The van der Waals surface area contributed by atoms with Crippen molar-refractivity contribution in [2.45, 2.75) is 50.4 Å². The summed E-state index contributed by atoms with van der Waals surface area (Å²) >= 11 is 0. The highest BCUT2D eigenvalue weighted by atomic mass is 32.2. The van der Waals surface area contributed by atoms with E-state index in [9.17, 15) is 21.6 Å². The summed E-state index contributed by atoms with van der Waals surface area (Å²) in [6.07, 6.45) is -1.62. The van der Waals surface area contributed by atoms with E-state index < -0.39 is 21.6 Å². The highest BCUT2D eigenvalue weighted by molar-refractivity contribution is 7.90. The maximum Gasteiger partial charge on any atom is 0.419 e. The van der Waals surface area contributed by atoms with Crippen molar-refractivity contribution in [2.75, 3.05) is 29.6 Å². The second-order valence-corrected chi connectivity index (χ2v) is 11.8. The predicted octanol–water partition coefficient (Wildman–Crippen LogP) is 4.94. The molecule has 192 valence electrons. The molecular weight excluding hydrogens is 491 g/mol. The summed E-state index contributed by atoms with van der Waals surface area (Å²) in [6, 6.07) is 10.0. The van der Waals surface area contributed by atoms with Crippen LogP contribution < -0.4 is 10.2 Å². The van der Waals surface area contributed by atoms with E-state index in [1.54, 1.807) is 4.90 Å². The number of halogens is 3. The van der Waals surface area contributed by atoms with Gasteiger partial charge in [0.1, 0.15) is 11.6 Å². The minimum atomic E-state index is -4.54. The van der Waals surface area contributed by atoms with Crippen LogP contribution in [0.1, 0.15) is 43.2 Å². The van der Waals surface area contributed by atoms with Gasteiger partial charge >= 0.3 is 6.18 Å². The molecule has 1 N–H and O–H groups in total. The number of hydrogen-bond acceptors (Lipinski definition) is 7. The number of alkyl halides is 3. The first-order chi connectivity index (χ1) is 16.7. The lowest BCUT2D eigenvalue weighted by Crippen LogP contribution is -2.29. The summed E-state index contributed by atoms with van der Waals surface area (Å²) in [7, 11) is -3.72. The Morgan fingerprint density at radius 1 is 0.972 bits per heavy atom. The van der Waals surface area contributed by atoms with Crippen molar-refractivity contribution in [2.24, 2.45) is 0 Å². The number of anilines is 3. The van der Waals surface area contributed by atoms with Crippen LogP contribution in [0.5, 0.6) is 0 Å². The fourth-order valence-electron chi connectivity index (χ4n) is 4.12. The molecule has 0 radical (unpaired) electrons. The number of hydrogen-bond donors (Lipinski definition) is 1. The van der Waals surface area contributed by atoms with Crippen LogP contribution in [-0.2, 0) is 34.3 Å². The number of rotatable bonds is 4. The van der Waals surface area contributed by atoms with Crippen molar-refractivity contribution >= 4 is 27.2 Å². The van der Waals surface area contributed by atoms with Crippen LogP contribution in [0.3, 0.4) is 0 Å². The molecule has 7 nitrogen and oxygen atoms in total. The van der Waals surface area contributed by atoms with Gasteiger partial charge in [-0.05, 0) is 41.7 Å². The Kier molecular flexibility index (Phi) is 6.72. The average molecular weight is 520 g/mol. The average Bonchev–Trinajstić information content (AvgIpc) is 3.00. The van der Waals surface area contributed by atoms with Crippen molar-refractivity contribution < 1.29 is 21.6 Å². The molecule has 0 bridgehead atoms. The molecule has 0 aliphatic carbocycles. The first-order valence-electron chi connectivity index (χ1n) is 11.5. The number of pyridine rings is 1. The summed E-state index contributed by atoms with van der Waals surface area (Å²) < 4.78 is 65.4. The molecule has 3 aromatic rings. The molecule has 1 aliphatic rings. The molecule has 0 fully saturated rings. The predicted molar refractivity (Wildman–Crippen MR) is 132 cm³/mol. The lowest BCUT2D eigenvalue weighted by Gasteiger charge is -2.24. The van der Waals surface area contributed by atoms with Gasteiger partial charge in [-0.2, -0.15) is 13.2 Å². The van der Waals surface area contributed by atoms with Crippen LogP contribution >= 0.6 is 0 Å². The van der Waals surface area contributed by atoms with Gasteiger partial charge < -0.3 is 10.2 Å². The summed E-state index contributed by atoms with van der Waals surface area (Å²) in [6.45, 7) is 6.76. The highest BCUT2D eigenvalue weighted by Crippen LogP contribution is 2.36. The van der Waals surface area contributed by atoms with Gasteiger partial charge in [-0.15, -0.1) is 0 Å². The second-order valence-electron chi connectivity index (χ2n) is 9.86. The molecule has 0 amide bonds. The first-order valence-corrected chi connectivity index (χ1v) is 13.4. The first kappa shape index (κ1) is 25.9. The third-order valence-electron chi connectivity index (χ3n) is 6.06. The zero-order valence-electron chi connectivity index (χ0n) is 20.5. The summed E-state index contributed by atoms with van der Waals surface area (Å²) in [5, 5.41) is 2.89. The Morgan fingerprint density at radius 3 is 2.25 bits per heavy atom. The van der Waals surface area contributed by atoms with Crippen LogP contribution in [0.15, 0.2) is 47.8 Å². The topological polar surface area (TPSA) is 88.1 Å². The molecule has 1 aromatic carbocycles. The van der Waals surface area contributed by atoms with E-state index in [0.717, 1.165) is 17.9 Å². The van der Waals surface area contributed by atoms with E-state index >= 15 is 0 Å². The Morgan fingerprint density at radius 2 is 1.64 bits per heavy atom. The molecule has 1 aliphatic heterocycles. The van der Waals surface area contributed by atoms with E-state index in [1.165, 1.54) is 12.3 Å². The van der Waals surface area contributed by atoms with Crippen LogP contribution in [0.4, 0.5) is 30.5 Å². The molecule has 3 heterocycles. The molecule has 2 aromatic heterocycles. The van der Waals surface area contributed by atoms with Gasteiger partial charge in [-0.25, -0.2) is 23.4 Å². The van der Waals surface area contributed by atoms with Gasteiger partial charge in [-0.3, -0.25) is 0 Å². The van der Waals surface area contributed by atoms with Crippen molar-refractivity contribution in [3.63, 3.8) is 0 Å². The molecule has 36 heavy (non-hydrogen) atoms. The molecule has 0 atom stereocenters. The summed E-state index contributed by atoms with van der Waals surface area (Å²) in [5.74, 6) is 0.184. The van der Waals surface area contributed by atoms with Gasteiger partial charge in [0, 0.05) is 43.2 Å². The number of nitrogens with zero attached hydrogens (tertiary/aromatic N) is 4. The van der Waals surface area contributed by atoms with Crippen LogP contribution in [-0.4, -0.2) is 42.7 Å². The van der Waals surface area contributed by atoms with Crippen molar-refractivity contribution in [1.29, 1.82) is 0 Å². The van der Waals surface area contributed by atoms with Gasteiger partial charge in [0.15, 0.2) is 0 Å². The summed E-state index contributed by atoms with van der Waals surface area (Å²) in [5.41, 5.74) is 2.18. The lowest BCUT2D eigenvalue weighted by atomic mass is 9.87. The molecule has 0 unspecified atom stereocenters. The van der Waals surface area contributed by atoms with E-state index in [-0.39, 0.29) is 35.9 Å². The highest BCUT2D eigenvalue weighted by Gasteiger charge is 2.36. The Labute approximate surface area is 208 Å². The molecule has 11 heteroatoms.